The standard InChI is InChI=1S/C10H4N6O4/c11-3-4-1-5-7(2-6(4)16(19)20)15-8(9(17)12-5)13-14-10(15)18/h1-2H,(H,12,17)(H,14,18). The van der Waals surface area contributed by atoms with E-state index in [1.54, 1.807) is 6.07 Å². The van der Waals surface area contributed by atoms with Crippen molar-refractivity contribution in [3.05, 3.63) is 48.6 Å². The summed E-state index contributed by atoms with van der Waals surface area (Å²) in [5.41, 5.74) is -2.00. The number of hydrogen-bond acceptors (Lipinski definition) is 6. The molecule has 0 atom stereocenters. The van der Waals surface area contributed by atoms with Gasteiger partial charge in [0.1, 0.15) is 11.6 Å². The second-order valence-corrected chi connectivity index (χ2v) is 3.90. The van der Waals surface area contributed by atoms with Crippen LogP contribution in [0.4, 0.5) is 5.69 Å². The maximum absolute atomic E-state index is 11.7. The third-order valence-electron chi connectivity index (χ3n) is 2.80. The molecule has 3 aromatic rings. The van der Waals surface area contributed by atoms with E-state index in [0.717, 1.165) is 16.5 Å². The first-order chi connectivity index (χ1) is 9.52. The minimum atomic E-state index is -0.736. The molecule has 10 heteroatoms. The highest BCUT2D eigenvalue weighted by Crippen LogP contribution is 2.23. The third-order valence-corrected chi connectivity index (χ3v) is 2.80. The summed E-state index contributed by atoms with van der Waals surface area (Å²) in [6, 6.07) is 3.87. The van der Waals surface area contributed by atoms with Gasteiger partial charge in [0.2, 0.25) is 5.65 Å². The molecule has 0 saturated heterocycles. The van der Waals surface area contributed by atoms with E-state index in [1.807, 2.05) is 0 Å². The first-order valence-corrected chi connectivity index (χ1v) is 5.24. The molecule has 0 aliphatic heterocycles. The maximum atomic E-state index is 11.7. The average molecular weight is 272 g/mol. The van der Waals surface area contributed by atoms with Crippen LogP contribution >= 0.6 is 0 Å². The maximum Gasteiger partial charge on any atom is 0.348 e. The molecule has 10 nitrogen and oxygen atoms in total. The Labute approximate surface area is 108 Å². The lowest BCUT2D eigenvalue weighted by Gasteiger charge is -2.01. The molecule has 2 aromatic heterocycles. The number of nitrogens with one attached hydrogen (secondary N) is 2. The molecule has 0 aliphatic rings. The number of nitro benzene ring substituents is 1. The number of aromatic nitrogens is 4. The molecule has 2 N–H and O–H groups in total. The number of hydrogen-bond donors (Lipinski definition) is 2. The fourth-order valence-corrected chi connectivity index (χ4v) is 1.95. The Hall–Kier alpha value is -3.48. The highest BCUT2D eigenvalue weighted by molar-refractivity contribution is 5.82. The summed E-state index contributed by atoms with van der Waals surface area (Å²) in [6.45, 7) is 0. The van der Waals surface area contributed by atoms with E-state index < -0.39 is 21.9 Å². The third kappa shape index (κ3) is 1.40. The van der Waals surface area contributed by atoms with E-state index in [0.29, 0.717) is 0 Å². The highest BCUT2D eigenvalue weighted by atomic mass is 16.6. The van der Waals surface area contributed by atoms with Crippen molar-refractivity contribution in [3.8, 4) is 6.07 Å². The van der Waals surface area contributed by atoms with E-state index in [1.165, 1.54) is 0 Å². The smallest absolute Gasteiger partial charge is 0.317 e. The number of nitriles is 1. The summed E-state index contributed by atoms with van der Waals surface area (Å²) in [4.78, 5) is 35.9. The van der Waals surface area contributed by atoms with Gasteiger partial charge in [0.25, 0.3) is 11.2 Å². The lowest BCUT2D eigenvalue weighted by atomic mass is 10.1. The molecule has 98 valence electrons. The largest absolute Gasteiger partial charge is 0.348 e. The predicted molar refractivity (Wildman–Crippen MR) is 65.3 cm³/mol. The quantitative estimate of drug-likeness (QED) is 0.456. The van der Waals surface area contributed by atoms with Crippen LogP contribution in [-0.2, 0) is 0 Å². The molecular formula is C10H4N6O4. The van der Waals surface area contributed by atoms with Gasteiger partial charge in [-0.15, -0.1) is 5.10 Å². The minimum absolute atomic E-state index is 0.0871. The molecule has 0 spiro atoms. The Morgan fingerprint density at radius 2 is 2.15 bits per heavy atom. The first-order valence-electron chi connectivity index (χ1n) is 5.24. The Kier molecular flexibility index (Phi) is 2.18. The number of nitrogens with zero attached hydrogens (tertiary/aromatic N) is 4. The van der Waals surface area contributed by atoms with Crippen molar-refractivity contribution in [3.63, 3.8) is 0 Å². The molecule has 2 heterocycles. The van der Waals surface area contributed by atoms with Gasteiger partial charge in [0.05, 0.1) is 16.0 Å². The van der Waals surface area contributed by atoms with Crippen molar-refractivity contribution in [2.24, 2.45) is 0 Å². The lowest BCUT2D eigenvalue weighted by Crippen LogP contribution is -2.17. The van der Waals surface area contributed by atoms with Gasteiger partial charge in [0.15, 0.2) is 0 Å². The zero-order valence-electron chi connectivity index (χ0n) is 9.58. The predicted octanol–water partition coefficient (Wildman–Crippen LogP) is -0.356. The fraction of sp³-hybridized carbons (Fsp3) is 0. The highest BCUT2D eigenvalue weighted by Gasteiger charge is 2.18. The molecule has 3 rings (SSSR count). The zero-order valence-corrected chi connectivity index (χ0v) is 9.58. The molecule has 0 fully saturated rings. The summed E-state index contributed by atoms with van der Waals surface area (Å²) < 4.78 is 0.919. The number of aromatic amines is 2. The molecule has 0 unspecified atom stereocenters. The van der Waals surface area contributed by atoms with Gasteiger partial charge in [-0.25, -0.2) is 14.3 Å². The summed E-state index contributed by atoms with van der Waals surface area (Å²) in [5, 5.41) is 25.4. The van der Waals surface area contributed by atoms with E-state index in [-0.39, 0.29) is 22.2 Å². The summed E-state index contributed by atoms with van der Waals surface area (Å²) in [6.07, 6.45) is 0. The molecule has 20 heavy (non-hydrogen) atoms. The van der Waals surface area contributed by atoms with Crippen molar-refractivity contribution in [1.82, 2.24) is 19.6 Å². The molecule has 1 aromatic carbocycles. The fourth-order valence-electron chi connectivity index (χ4n) is 1.95. The van der Waals surface area contributed by atoms with Crippen LogP contribution in [0.5, 0.6) is 0 Å². The Bertz CT molecular complexity index is 1030. The van der Waals surface area contributed by atoms with Crippen LogP contribution in [0.2, 0.25) is 0 Å². The van der Waals surface area contributed by atoms with Crippen LogP contribution in [-0.4, -0.2) is 24.5 Å². The van der Waals surface area contributed by atoms with Crippen molar-refractivity contribution in [2.75, 3.05) is 0 Å². The molecule has 0 radical (unpaired) electrons. The summed E-state index contributed by atoms with van der Waals surface area (Å²) >= 11 is 0. The van der Waals surface area contributed by atoms with Crippen molar-refractivity contribution >= 4 is 22.4 Å². The van der Waals surface area contributed by atoms with Crippen LogP contribution < -0.4 is 11.2 Å². The van der Waals surface area contributed by atoms with Gasteiger partial charge < -0.3 is 4.98 Å². The van der Waals surface area contributed by atoms with Gasteiger partial charge >= 0.3 is 5.69 Å². The lowest BCUT2D eigenvalue weighted by molar-refractivity contribution is -0.385. The molecule has 0 bridgehead atoms. The second kappa shape index (κ2) is 3.75. The van der Waals surface area contributed by atoms with Crippen LogP contribution in [0.15, 0.2) is 21.7 Å². The molecular weight excluding hydrogens is 268 g/mol. The van der Waals surface area contributed by atoms with Crippen LogP contribution in [0.1, 0.15) is 5.56 Å². The number of nitro groups is 1. The van der Waals surface area contributed by atoms with Crippen LogP contribution in [0.25, 0.3) is 16.7 Å². The second-order valence-electron chi connectivity index (χ2n) is 3.90. The van der Waals surface area contributed by atoms with E-state index in [9.17, 15) is 19.7 Å². The van der Waals surface area contributed by atoms with E-state index >= 15 is 0 Å². The van der Waals surface area contributed by atoms with Crippen molar-refractivity contribution in [2.45, 2.75) is 0 Å². The van der Waals surface area contributed by atoms with E-state index in [2.05, 4.69) is 15.2 Å². The number of fused-ring (bicyclic) bond motifs is 3. The Morgan fingerprint density at radius 1 is 1.40 bits per heavy atom. The molecule has 0 saturated carbocycles. The van der Waals surface area contributed by atoms with Gasteiger partial charge in [-0.1, -0.05) is 0 Å². The summed E-state index contributed by atoms with van der Waals surface area (Å²) in [5.74, 6) is 0. The van der Waals surface area contributed by atoms with Crippen molar-refractivity contribution in [1.29, 1.82) is 5.26 Å². The SMILES string of the molecule is N#Cc1cc2[nH]c(=O)c3n[nH]c(=O)n3c2cc1[N+](=O)[O-]. The van der Waals surface area contributed by atoms with Gasteiger partial charge in [-0.3, -0.25) is 14.9 Å². The van der Waals surface area contributed by atoms with E-state index in [4.69, 9.17) is 5.26 Å². The van der Waals surface area contributed by atoms with Gasteiger partial charge in [-0.05, 0) is 6.07 Å². The van der Waals surface area contributed by atoms with Gasteiger partial charge in [0, 0.05) is 6.07 Å². The topological polar surface area (TPSA) is 150 Å². The zero-order chi connectivity index (χ0) is 14.4. The monoisotopic (exact) mass is 272 g/mol. The summed E-state index contributed by atoms with van der Waals surface area (Å²) in [7, 11) is 0. The molecule has 0 amide bonds. The van der Waals surface area contributed by atoms with Crippen molar-refractivity contribution < 1.29 is 4.92 Å². The number of rotatable bonds is 1. The normalized spacial score (nSPS) is 10.8. The van der Waals surface area contributed by atoms with Crippen LogP contribution in [0, 0.1) is 21.4 Å². The van der Waals surface area contributed by atoms with Crippen LogP contribution in [0.3, 0.4) is 0 Å². The Morgan fingerprint density at radius 3 is 2.80 bits per heavy atom. The Balaban J connectivity index is 2.64. The number of benzene rings is 1. The van der Waals surface area contributed by atoms with Gasteiger partial charge in [-0.2, -0.15) is 5.26 Å². The first kappa shape index (κ1) is 11.6. The number of H-pyrrole nitrogens is 2. The molecule has 0 aliphatic carbocycles. The minimum Gasteiger partial charge on any atom is -0.317 e. The average Bonchev–Trinajstić information content (AvgIpc) is 2.80.